The molecule has 94 valence electrons. The second-order valence-electron chi connectivity index (χ2n) is 6.41. The molecule has 3 aliphatic rings. The van der Waals surface area contributed by atoms with Gasteiger partial charge in [0, 0.05) is 25.2 Å². The van der Waals surface area contributed by atoms with Crippen LogP contribution >= 0.6 is 0 Å². The minimum atomic E-state index is -3.06. The van der Waals surface area contributed by atoms with Crippen LogP contribution in [-0.4, -0.2) is 55.6 Å². The van der Waals surface area contributed by atoms with Gasteiger partial charge in [0.05, 0.1) is 5.75 Å². The van der Waals surface area contributed by atoms with E-state index in [0.717, 1.165) is 19.5 Å². The monoisotopic (exact) mass is 246 g/mol. The smallest absolute Gasteiger partial charge is 0.215 e. The molecule has 2 unspecified atom stereocenters. The second-order valence-corrected chi connectivity index (χ2v) is 8.29. The minimum absolute atomic E-state index is 0.158. The summed E-state index contributed by atoms with van der Waals surface area (Å²) in [7, 11) is -0.995. The summed E-state index contributed by atoms with van der Waals surface area (Å²) < 4.78 is 26.3. The van der Waals surface area contributed by atoms with Crippen LogP contribution in [0.3, 0.4) is 0 Å². The molecule has 4 nitrogen and oxygen atoms in total. The summed E-state index contributed by atoms with van der Waals surface area (Å²) in [4.78, 5) is 2.22. The van der Waals surface area contributed by atoms with Gasteiger partial charge < -0.3 is 4.90 Å². The standard InChI is InChI=1S/C11H22N2O2S/c1-11(2,3)8-16(14,15)13-9-5-10(13)7-12(4)6-9/h9-10H,5-8H2,1-4H3. The van der Waals surface area contributed by atoms with Crippen LogP contribution in [0.4, 0.5) is 0 Å². The molecule has 0 N–H and O–H groups in total. The molecule has 16 heavy (non-hydrogen) atoms. The first-order valence-corrected chi connectivity index (χ1v) is 7.50. The Morgan fingerprint density at radius 2 is 1.69 bits per heavy atom. The largest absolute Gasteiger partial charge is 0.303 e. The molecule has 0 amide bonds. The quantitative estimate of drug-likeness (QED) is 0.722. The number of hydrogen-bond donors (Lipinski definition) is 0. The van der Waals surface area contributed by atoms with Crippen molar-refractivity contribution < 1.29 is 8.42 Å². The van der Waals surface area contributed by atoms with Crippen LogP contribution < -0.4 is 0 Å². The number of piperazine rings is 1. The van der Waals surface area contributed by atoms with Gasteiger partial charge >= 0.3 is 0 Å². The molecular weight excluding hydrogens is 224 g/mol. The van der Waals surface area contributed by atoms with Gasteiger partial charge in [-0.25, -0.2) is 8.42 Å². The van der Waals surface area contributed by atoms with Crippen LogP contribution in [0, 0.1) is 5.41 Å². The Labute approximate surface area is 98.7 Å². The van der Waals surface area contributed by atoms with E-state index in [2.05, 4.69) is 11.9 Å². The van der Waals surface area contributed by atoms with Gasteiger partial charge in [-0.2, -0.15) is 4.31 Å². The van der Waals surface area contributed by atoms with Crippen molar-refractivity contribution in [2.75, 3.05) is 25.9 Å². The van der Waals surface area contributed by atoms with Crippen molar-refractivity contribution >= 4 is 10.0 Å². The first-order chi connectivity index (χ1) is 7.19. The average Bonchev–Trinajstić information content (AvgIpc) is 1.95. The van der Waals surface area contributed by atoms with Crippen molar-refractivity contribution in [3.8, 4) is 0 Å². The predicted octanol–water partition coefficient (Wildman–Crippen LogP) is 0.751. The highest BCUT2D eigenvalue weighted by Gasteiger charge is 2.50. The third-order valence-corrected chi connectivity index (χ3v) is 5.71. The van der Waals surface area contributed by atoms with Crippen molar-refractivity contribution in [3.63, 3.8) is 0 Å². The fraction of sp³-hybridized carbons (Fsp3) is 1.00. The van der Waals surface area contributed by atoms with Crippen LogP contribution in [0.5, 0.6) is 0 Å². The SMILES string of the molecule is CN1CC2CC(C1)N2S(=O)(=O)CC(C)(C)C. The topological polar surface area (TPSA) is 40.6 Å². The Bertz CT molecular complexity index is 360. The van der Waals surface area contributed by atoms with E-state index in [1.165, 1.54) is 0 Å². The Balaban J connectivity index is 2.09. The molecule has 3 fully saturated rings. The highest BCUT2D eigenvalue weighted by molar-refractivity contribution is 7.89. The van der Waals surface area contributed by atoms with Crippen LogP contribution in [-0.2, 0) is 10.0 Å². The van der Waals surface area contributed by atoms with E-state index in [1.807, 2.05) is 20.8 Å². The number of piperidine rings is 1. The number of fused-ring (bicyclic) bond motifs is 2. The molecule has 0 saturated carbocycles. The van der Waals surface area contributed by atoms with Crippen molar-refractivity contribution in [1.82, 2.24) is 9.21 Å². The Morgan fingerprint density at radius 1 is 1.19 bits per heavy atom. The Morgan fingerprint density at radius 3 is 2.12 bits per heavy atom. The van der Waals surface area contributed by atoms with Gasteiger partial charge in [-0.3, -0.25) is 0 Å². The lowest BCUT2D eigenvalue weighted by Crippen LogP contribution is -2.69. The molecule has 3 aliphatic heterocycles. The maximum Gasteiger partial charge on any atom is 0.215 e. The Kier molecular flexibility index (Phi) is 2.84. The highest BCUT2D eigenvalue weighted by atomic mass is 32.2. The minimum Gasteiger partial charge on any atom is -0.303 e. The molecule has 0 aromatic carbocycles. The van der Waals surface area contributed by atoms with Crippen molar-refractivity contribution in [1.29, 1.82) is 0 Å². The number of sulfonamides is 1. The summed E-state index contributed by atoms with van der Waals surface area (Å²) in [5.74, 6) is 0.261. The van der Waals surface area contributed by atoms with E-state index >= 15 is 0 Å². The van der Waals surface area contributed by atoms with E-state index < -0.39 is 10.0 Å². The van der Waals surface area contributed by atoms with E-state index in [9.17, 15) is 8.42 Å². The van der Waals surface area contributed by atoms with Gasteiger partial charge in [0.2, 0.25) is 10.0 Å². The van der Waals surface area contributed by atoms with E-state index in [0.29, 0.717) is 0 Å². The maximum absolute atomic E-state index is 12.3. The molecule has 0 aliphatic carbocycles. The normalized spacial score (nSPS) is 32.5. The summed E-state index contributed by atoms with van der Waals surface area (Å²) >= 11 is 0. The molecule has 0 radical (unpaired) electrons. The molecule has 5 heteroatoms. The third-order valence-electron chi connectivity index (χ3n) is 3.25. The highest BCUT2D eigenvalue weighted by Crippen LogP contribution is 2.36. The number of likely N-dealkylation sites (N-methyl/N-ethyl adjacent to an activating group) is 1. The molecule has 3 rings (SSSR count). The van der Waals surface area contributed by atoms with Crippen molar-refractivity contribution in [3.05, 3.63) is 0 Å². The van der Waals surface area contributed by atoms with E-state index in [-0.39, 0.29) is 23.3 Å². The maximum atomic E-state index is 12.3. The molecule has 0 aromatic heterocycles. The fourth-order valence-corrected chi connectivity index (χ4v) is 5.32. The molecule has 0 aromatic rings. The second kappa shape index (κ2) is 3.68. The molecule has 0 spiro atoms. The van der Waals surface area contributed by atoms with E-state index in [4.69, 9.17) is 0 Å². The van der Waals surface area contributed by atoms with Gasteiger partial charge in [-0.1, -0.05) is 20.8 Å². The zero-order valence-electron chi connectivity index (χ0n) is 10.6. The van der Waals surface area contributed by atoms with Gasteiger partial charge in [-0.15, -0.1) is 0 Å². The zero-order chi connectivity index (χ0) is 12.1. The van der Waals surface area contributed by atoms with E-state index in [1.54, 1.807) is 4.31 Å². The molecule has 3 heterocycles. The van der Waals surface area contributed by atoms with Crippen LogP contribution in [0.15, 0.2) is 0 Å². The molecular formula is C11H22N2O2S. The first-order valence-electron chi connectivity index (χ1n) is 5.89. The number of nitrogens with zero attached hydrogens (tertiary/aromatic N) is 2. The first kappa shape index (κ1) is 12.3. The Hall–Kier alpha value is -0.130. The van der Waals surface area contributed by atoms with Crippen molar-refractivity contribution in [2.45, 2.75) is 39.3 Å². The van der Waals surface area contributed by atoms with Gasteiger partial charge in [0.15, 0.2) is 0 Å². The van der Waals surface area contributed by atoms with Gasteiger partial charge in [0.1, 0.15) is 0 Å². The lowest BCUT2D eigenvalue weighted by molar-refractivity contribution is 0.00511. The summed E-state index contributed by atoms with van der Waals surface area (Å²) in [5, 5.41) is 0. The number of hydrogen-bond acceptors (Lipinski definition) is 3. The van der Waals surface area contributed by atoms with Crippen LogP contribution in [0.2, 0.25) is 0 Å². The lowest BCUT2D eigenvalue weighted by atomic mass is 9.92. The number of rotatable bonds is 2. The summed E-state index contributed by atoms with van der Waals surface area (Å²) in [6.07, 6.45) is 1.05. The average molecular weight is 246 g/mol. The van der Waals surface area contributed by atoms with Gasteiger partial charge in [0.25, 0.3) is 0 Å². The molecule has 2 bridgehead atoms. The predicted molar refractivity (Wildman–Crippen MR) is 64.8 cm³/mol. The summed E-state index contributed by atoms with van der Waals surface area (Å²) in [6.45, 7) is 7.71. The fourth-order valence-electron chi connectivity index (χ4n) is 2.86. The summed E-state index contributed by atoms with van der Waals surface area (Å²) in [5.41, 5.74) is -0.158. The lowest BCUT2D eigenvalue weighted by Gasteiger charge is -2.54. The molecule has 3 saturated heterocycles. The summed E-state index contributed by atoms with van der Waals surface area (Å²) in [6, 6.07) is 0.465. The third kappa shape index (κ3) is 2.26. The molecule has 2 atom stereocenters. The van der Waals surface area contributed by atoms with Crippen molar-refractivity contribution in [2.24, 2.45) is 5.41 Å². The van der Waals surface area contributed by atoms with Gasteiger partial charge in [-0.05, 0) is 18.9 Å². The zero-order valence-corrected chi connectivity index (χ0v) is 11.4. The van der Waals surface area contributed by atoms with Crippen LogP contribution in [0.1, 0.15) is 27.2 Å². The van der Waals surface area contributed by atoms with Crippen LogP contribution in [0.25, 0.3) is 0 Å².